The van der Waals surface area contributed by atoms with Gasteiger partial charge in [-0.05, 0) is 48.7 Å². The van der Waals surface area contributed by atoms with Crippen molar-refractivity contribution in [3.05, 3.63) is 79.1 Å². The number of fused-ring (bicyclic) bond motifs is 1. The van der Waals surface area contributed by atoms with Gasteiger partial charge in [0.2, 0.25) is 0 Å². The molecule has 6 rings (SSSR count). The van der Waals surface area contributed by atoms with Crippen LogP contribution >= 0.6 is 0 Å². The van der Waals surface area contributed by atoms with Gasteiger partial charge >= 0.3 is 5.97 Å². The molecule has 1 fully saturated rings. The van der Waals surface area contributed by atoms with Gasteiger partial charge < -0.3 is 15.4 Å². The van der Waals surface area contributed by atoms with E-state index in [0.29, 0.717) is 17.3 Å². The summed E-state index contributed by atoms with van der Waals surface area (Å²) in [5.41, 5.74) is 11.1. The molecular weight excluding hydrogens is 490 g/mol. The van der Waals surface area contributed by atoms with Gasteiger partial charge in [0.25, 0.3) is 0 Å². The quantitative estimate of drug-likeness (QED) is 0.320. The molecule has 0 radical (unpaired) electrons. The minimum absolute atomic E-state index is 0.144. The van der Waals surface area contributed by atoms with Crippen molar-refractivity contribution in [1.82, 2.24) is 24.5 Å². The second-order valence-corrected chi connectivity index (χ2v) is 9.79. The molecule has 0 aliphatic carbocycles. The number of aromatic nitrogens is 5. The number of nitrogens with two attached hydrogens (primary N) is 1. The van der Waals surface area contributed by atoms with E-state index >= 15 is 0 Å². The van der Waals surface area contributed by atoms with Crippen molar-refractivity contribution >= 4 is 28.8 Å². The molecule has 2 unspecified atom stereocenters. The molecule has 2 atom stereocenters. The maximum absolute atomic E-state index is 12.0. The SMILES string of the molecule is COC(=O)C(C)C1CCN(c2ccc(-n3c(-c4cccnc4N)nc4ccc(-c5ccccc5)nc43)cn2)C1. The smallest absolute Gasteiger partial charge is 0.308 e. The summed E-state index contributed by atoms with van der Waals surface area (Å²) < 4.78 is 6.93. The summed E-state index contributed by atoms with van der Waals surface area (Å²) in [6.45, 7) is 3.53. The zero-order valence-electron chi connectivity index (χ0n) is 21.9. The maximum Gasteiger partial charge on any atom is 0.308 e. The standard InChI is InChI=1S/C30H29N7O2/c1-19(30(38)39-2)21-14-16-36(18-21)26-13-10-22(17-33-26)37-28(23-9-6-15-32-27(23)31)35-25-12-11-24(34-29(25)37)20-7-4-3-5-8-20/h3-13,15,17,19,21H,14,16,18H2,1-2H3,(H2,31,32). The monoisotopic (exact) mass is 519 g/mol. The van der Waals surface area contributed by atoms with Crippen molar-refractivity contribution in [2.45, 2.75) is 13.3 Å². The number of nitrogens with zero attached hydrogens (tertiary/aromatic N) is 6. The highest BCUT2D eigenvalue weighted by molar-refractivity contribution is 5.84. The third-order valence-electron chi connectivity index (χ3n) is 7.47. The number of rotatable bonds is 6. The topological polar surface area (TPSA) is 112 Å². The van der Waals surface area contributed by atoms with Gasteiger partial charge in [-0.2, -0.15) is 0 Å². The minimum Gasteiger partial charge on any atom is -0.469 e. The number of hydrogen-bond acceptors (Lipinski definition) is 8. The Bertz CT molecular complexity index is 1630. The predicted octanol–water partition coefficient (Wildman–Crippen LogP) is 4.76. The van der Waals surface area contributed by atoms with Crippen molar-refractivity contribution in [3.8, 4) is 28.3 Å². The predicted molar refractivity (Wildman–Crippen MR) is 151 cm³/mol. The van der Waals surface area contributed by atoms with Crippen LogP contribution in [0.4, 0.5) is 11.6 Å². The summed E-state index contributed by atoms with van der Waals surface area (Å²) in [6.07, 6.45) is 4.42. The second-order valence-electron chi connectivity index (χ2n) is 9.79. The van der Waals surface area contributed by atoms with Crippen LogP contribution in [0.25, 0.3) is 39.5 Å². The highest BCUT2D eigenvalue weighted by Gasteiger charge is 2.32. The Hall–Kier alpha value is -4.79. The summed E-state index contributed by atoms with van der Waals surface area (Å²) in [6, 6.07) is 21.8. The molecule has 1 aliphatic rings. The molecule has 0 spiro atoms. The lowest BCUT2D eigenvalue weighted by Gasteiger charge is -2.20. The number of benzene rings is 1. The van der Waals surface area contributed by atoms with Crippen LogP contribution in [0.2, 0.25) is 0 Å². The number of pyridine rings is 3. The Kier molecular flexibility index (Phi) is 6.40. The Morgan fingerprint density at radius 1 is 1.03 bits per heavy atom. The van der Waals surface area contributed by atoms with Crippen molar-refractivity contribution in [1.29, 1.82) is 0 Å². The molecular formula is C30H29N7O2. The van der Waals surface area contributed by atoms with Crippen molar-refractivity contribution in [2.75, 3.05) is 30.8 Å². The largest absolute Gasteiger partial charge is 0.469 e. The van der Waals surface area contributed by atoms with Crippen molar-refractivity contribution in [2.24, 2.45) is 11.8 Å². The number of imidazole rings is 1. The molecule has 4 aromatic heterocycles. The average Bonchev–Trinajstić information content (AvgIpc) is 3.62. The fourth-order valence-corrected chi connectivity index (χ4v) is 5.24. The first-order valence-corrected chi connectivity index (χ1v) is 13.0. The molecule has 9 nitrogen and oxygen atoms in total. The van der Waals surface area contributed by atoms with Crippen molar-refractivity contribution in [3.63, 3.8) is 0 Å². The first kappa shape index (κ1) is 24.5. The van der Waals surface area contributed by atoms with Gasteiger partial charge in [-0.25, -0.2) is 19.9 Å². The van der Waals surface area contributed by atoms with Crippen LogP contribution in [0, 0.1) is 11.8 Å². The summed E-state index contributed by atoms with van der Waals surface area (Å²) >= 11 is 0. The van der Waals surface area contributed by atoms with Gasteiger partial charge in [-0.3, -0.25) is 9.36 Å². The van der Waals surface area contributed by atoms with Crippen LogP contribution in [-0.4, -0.2) is 50.7 Å². The third kappa shape index (κ3) is 4.56. The Morgan fingerprint density at radius 3 is 2.62 bits per heavy atom. The maximum atomic E-state index is 12.0. The van der Waals surface area contributed by atoms with Crippen LogP contribution < -0.4 is 10.6 Å². The number of anilines is 2. The van der Waals surface area contributed by atoms with Crippen LogP contribution in [0.1, 0.15) is 13.3 Å². The van der Waals surface area contributed by atoms with Crippen LogP contribution in [0.5, 0.6) is 0 Å². The lowest BCUT2D eigenvalue weighted by molar-refractivity contribution is -0.146. The van der Waals surface area contributed by atoms with Gasteiger partial charge in [0.15, 0.2) is 11.5 Å². The average molecular weight is 520 g/mol. The highest BCUT2D eigenvalue weighted by Crippen LogP contribution is 2.33. The van der Waals surface area contributed by atoms with E-state index in [1.54, 1.807) is 6.20 Å². The van der Waals surface area contributed by atoms with Gasteiger partial charge in [-0.1, -0.05) is 37.3 Å². The van der Waals surface area contributed by atoms with E-state index in [1.165, 1.54) is 7.11 Å². The Balaban J connectivity index is 1.40. The summed E-state index contributed by atoms with van der Waals surface area (Å²) in [7, 11) is 1.44. The number of esters is 1. The number of carbonyl (C=O) groups is 1. The third-order valence-corrected chi connectivity index (χ3v) is 7.47. The molecule has 5 aromatic rings. The van der Waals surface area contributed by atoms with E-state index in [2.05, 4.69) is 9.88 Å². The summed E-state index contributed by atoms with van der Waals surface area (Å²) in [5, 5.41) is 0. The van der Waals surface area contributed by atoms with Gasteiger partial charge in [-0.15, -0.1) is 0 Å². The van der Waals surface area contributed by atoms with E-state index < -0.39 is 0 Å². The number of methoxy groups -OCH3 is 1. The first-order valence-electron chi connectivity index (χ1n) is 13.0. The van der Waals surface area contributed by atoms with Crippen molar-refractivity contribution < 1.29 is 9.53 Å². The van der Waals surface area contributed by atoms with E-state index in [-0.39, 0.29) is 17.8 Å². The van der Waals surface area contributed by atoms with Crippen LogP contribution in [0.15, 0.2) is 79.1 Å². The van der Waals surface area contributed by atoms with Gasteiger partial charge in [0.1, 0.15) is 17.2 Å². The van der Waals surface area contributed by atoms with Gasteiger partial charge in [0.05, 0.1) is 36.2 Å². The second kappa shape index (κ2) is 10.2. The molecule has 2 N–H and O–H groups in total. The van der Waals surface area contributed by atoms with E-state index in [1.807, 2.05) is 84.4 Å². The zero-order chi connectivity index (χ0) is 26.9. The Labute approximate surface area is 226 Å². The lowest BCUT2D eigenvalue weighted by atomic mass is 9.93. The Morgan fingerprint density at radius 2 is 1.87 bits per heavy atom. The molecule has 196 valence electrons. The highest BCUT2D eigenvalue weighted by atomic mass is 16.5. The number of carbonyl (C=O) groups excluding carboxylic acids is 1. The minimum atomic E-state index is -0.165. The van der Waals surface area contributed by atoms with E-state index in [4.69, 9.17) is 25.4 Å². The molecule has 0 bridgehead atoms. The summed E-state index contributed by atoms with van der Waals surface area (Å²) in [4.78, 5) is 33.2. The van der Waals surface area contributed by atoms with Gasteiger partial charge in [0, 0.05) is 24.8 Å². The molecule has 0 amide bonds. The van der Waals surface area contributed by atoms with Crippen LogP contribution in [0.3, 0.4) is 0 Å². The molecule has 1 saturated heterocycles. The molecule has 1 aromatic carbocycles. The molecule has 39 heavy (non-hydrogen) atoms. The van der Waals surface area contributed by atoms with E-state index in [0.717, 1.165) is 53.4 Å². The fourth-order valence-electron chi connectivity index (χ4n) is 5.24. The number of hydrogen-bond donors (Lipinski definition) is 1. The summed E-state index contributed by atoms with van der Waals surface area (Å²) in [5.74, 6) is 1.83. The molecule has 5 heterocycles. The first-order chi connectivity index (χ1) is 19.0. The number of ether oxygens (including phenoxy) is 1. The van der Waals surface area contributed by atoms with Crippen LogP contribution in [-0.2, 0) is 9.53 Å². The molecule has 1 aliphatic heterocycles. The number of nitrogen functional groups attached to an aromatic ring is 1. The van der Waals surface area contributed by atoms with E-state index in [9.17, 15) is 4.79 Å². The normalized spacial score (nSPS) is 15.9. The fraction of sp³-hybridized carbons (Fsp3) is 0.233. The molecule has 9 heteroatoms. The zero-order valence-corrected chi connectivity index (χ0v) is 21.9. The lowest BCUT2D eigenvalue weighted by Crippen LogP contribution is -2.26. The molecule has 0 saturated carbocycles.